The quantitative estimate of drug-likeness (QED) is 0.708. The molecule has 1 fully saturated rings. The van der Waals surface area contributed by atoms with Gasteiger partial charge in [-0.15, -0.1) is 11.3 Å². The van der Waals surface area contributed by atoms with Gasteiger partial charge in [-0.05, 0) is 43.7 Å². The number of rotatable bonds is 9. The van der Waals surface area contributed by atoms with Crippen molar-refractivity contribution in [2.75, 3.05) is 19.6 Å². The summed E-state index contributed by atoms with van der Waals surface area (Å²) in [6.07, 6.45) is 1.96. The number of nitrogens with one attached hydrogen (secondary N) is 2. The number of hydrogen-bond acceptors (Lipinski definition) is 5. The molecule has 0 saturated heterocycles. The van der Waals surface area contributed by atoms with Crippen LogP contribution in [0, 0.1) is 17.2 Å². The number of amides is 2. The van der Waals surface area contributed by atoms with Gasteiger partial charge < -0.3 is 10.6 Å². The number of hydrogen-bond donors (Lipinski definition) is 2. The second-order valence-corrected chi connectivity index (χ2v) is 7.33. The first kappa shape index (κ1) is 18.4. The Labute approximate surface area is 146 Å². The van der Waals surface area contributed by atoms with Crippen LogP contribution in [-0.2, 0) is 16.1 Å². The van der Waals surface area contributed by atoms with Gasteiger partial charge in [0.15, 0.2) is 0 Å². The normalized spacial score (nSPS) is 16.2. The standard InChI is InChI=1S/C17H24N4O2S/c1-3-21(10-15(22)19-9-14-5-4-8-24-14)11-16(23)20-17(2,12-18)13-6-7-13/h4-5,8,13H,3,6-7,9-11H2,1-2H3,(H,19,22)(H,20,23)/t17-/m0/s1. The van der Waals surface area contributed by atoms with Crippen LogP contribution < -0.4 is 10.6 Å². The minimum atomic E-state index is -0.794. The van der Waals surface area contributed by atoms with Crippen LogP contribution >= 0.6 is 11.3 Å². The second-order valence-electron chi connectivity index (χ2n) is 6.30. The van der Waals surface area contributed by atoms with Gasteiger partial charge in [0.05, 0.1) is 25.7 Å². The zero-order valence-corrected chi connectivity index (χ0v) is 15.0. The van der Waals surface area contributed by atoms with Gasteiger partial charge in [0.1, 0.15) is 5.54 Å². The molecular weight excluding hydrogens is 324 g/mol. The molecule has 1 heterocycles. The maximum atomic E-state index is 12.2. The molecule has 0 spiro atoms. The summed E-state index contributed by atoms with van der Waals surface area (Å²) < 4.78 is 0. The Morgan fingerprint density at radius 1 is 1.42 bits per heavy atom. The van der Waals surface area contributed by atoms with Crippen LogP contribution in [0.5, 0.6) is 0 Å². The van der Waals surface area contributed by atoms with Crippen molar-refractivity contribution in [1.82, 2.24) is 15.5 Å². The predicted octanol–water partition coefficient (Wildman–Crippen LogP) is 1.49. The van der Waals surface area contributed by atoms with E-state index >= 15 is 0 Å². The van der Waals surface area contributed by atoms with E-state index in [2.05, 4.69) is 16.7 Å². The average molecular weight is 348 g/mol. The Bertz CT molecular complexity index is 607. The minimum absolute atomic E-state index is 0.108. The summed E-state index contributed by atoms with van der Waals surface area (Å²) in [6, 6.07) is 6.12. The number of carbonyl (C=O) groups is 2. The highest BCUT2D eigenvalue weighted by Gasteiger charge is 2.43. The molecule has 0 radical (unpaired) electrons. The molecular formula is C17H24N4O2S. The monoisotopic (exact) mass is 348 g/mol. The van der Waals surface area contributed by atoms with Crippen molar-refractivity contribution >= 4 is 23.2 Å². The van der Waals surface area contributed by atoms with Crippen LogP contribution in [0.4, 0.5) is 0 Å². The van der Waals surface area contributed by atoms with Gasteiger partial charge in [0.2, 0.25) is 11.8 Å². The summed E-state index contributed by atoms with van der Waals surface area (Å²) in [4.78, 5) is 27.1. The highest BCUT2D eigenvalue weighted by Crippen LogP contribution is 2.39. The molecule has 6 nitrogen and oxygen atoms in total. The van der Waals surface area contributed by atoms with Crippen molar-refractivity contribution in [2.45, 2.75) is 38.8 Å². The van der Waals surface area contributed by atoms with Gasteiger partial charge in [-0.3, -0.25) is 14.5 Å². The lowest BCUT2D eigenvalue weighted by atomic mass is 9.98. The zero-order chi connectivity index (χ0) is 17.6. The smallest absolute Gasteiger partial charge is 0.235 e. The Morgan fingerprint density at radius 3 is 2.67 bits per heavy atom. The fourth-order valence-corrected chi connectivity index (χ4v) is 3.20. The van der Waals surface area contributed by atoms with Gasteiger partial charge in [0.25, 0.3) is 0 Å². The van der Waals surface area contributed by atoms with E-state index in [-0.39, 0.29) is 30.8 Å². The second kappa shape index (κ2) is 8.27. The van der Waals surface area contributed by atoms with Crippen LogP contribution in [0.2, 0.25) is 0 Å². The van der Waals surface area contributed by atoms with Gasteiger partial charge in [0, 0.05) is 4.88 Å². The molecule has 0 unspecified atom stereocenters. The van der Waals surface area contributed by atoms with E-state index in [1.54, 1.807) is 23.2 Å². The number of thiophene rings is 1. The topological polar surface area (TPSA) is 85.2 Å². The molecule has 1 aromatic rings. The predicted molar refractivity (Wildman–Crippen MR) is 93.2 cm³/mol. The van der Waals surface area contributed by atoms with Crippen molar-refractivity contribution in [1.29, 1.82) is 5.26 Å². The molecule has 2 rings (SSSR count). The first-order valence-corrected chi connectivity index (χ1v) is 9.08. The van der Waals surface area contributed by atoms with Gasteiger partial charge in [-0.2, -0.15) is 5.26 Å². The number of nitrogens with zero attached hydrogens (tertiary/aromatic N) is 2. The molecule has 2 N–H and O–H groups in total. The highest BCUT2D eigenvalue weighted by atomic mass is 32.1. The first-order valence-electron chi connectivity index (χ1n) is 8.20. The van der Waals surface area contributed by atoms with E-state index in [9.17, 15) is 14.9 Å². The van der Waals surface area contributed by atoms with E-state index in [0.29, 0.717) is 13.1 Å². The number of nitriles is 1. The molecule has 1 saturated carbocycles. The summed E-state index contributed by atoms with van der Waals surface area (Å²) in [5.41, 5.74) is -0.794. The lowest BCUT2D eigenvalue weighted by molar-refractivity contribution is -0.125. The summed E-state index contributed by atoms with van der Waals surface area (Å²) in [6.45, 7) is 5.06. The molecule has 1 atom stereocenters. The molecule has 24 heavy (non-hydrogen) atoms. The third kappa shape index (κ3) is 5.32. The van der Waals surface area contributed by atoms with Crippen LogP contribution in [-0.4, -0.2) is 41.9 Å². The van der Waals surface area contributed by atoms with E-state index in [4.69, 9.17) is 0 Å². The zero-order valence-electron chi connectivity index (χ0n) is 14.2. The van der Waals surface area contributed by atoms with Crippen LogP contribution in [0.1, 0.15) is 31.6 Å². The van der Waals surface area contributed by atoms with Crippen LogP contribution in [0.15, 0.2) is 17.5 Å². The fraction of sp³-hybridized carbons (Fsp3) is 0.588. The molecule has 1 aliphatic rings. The largest absolute Gasteiger partial charge is 0.350 e. The molecule has 0 aliphatic heterocycles. The first-order chi connectivity index (χ1) is 11.5. The lowest BCUT2D eigenvalue weighted by Crippen LogP contribution is -2.51. The van der Waals surface area contributed by atoms with Gasteiger partial charge in [-0.25, -0.2) is 0 Å². The summed E-state index contributed by atoms with van der Waals surface area (Å²) in [7, 11) is 0. The third-order valence-corrected chi connectivity index (χ3v) is 5.12. The Hall–Kier alpha value is -1.91. The maximum absolute atomic E-state index is 12.2. The molecule has 0 bridgehead atoms. The van der Waals surface area contributed by atoms with E-state index in [0.717, 1.165) is 17.7 Å². The van der Waals surface area contributed by atoms with Crippen LogP contribution in [0.25, 0.3) is 0 Å². The van der Waals surface area contributed by atoms with Gasteiger partial charge in [-0.1, -0.05) is 13.0 Å². The number of likely N-dealkylation sites (N-methyl/N-ethyl adjacent to an activating group) is 1. The molecule has 2 amide bonds. The maximum Gasteiger partial charge on any atom is 0.235 e. The molecule has 130 valence electrons. The van der Waals surface area contributed by atoms with Crippen molar-refractivity contribution in [3.63, 3.8) is 0 Å². The summed E-state index contributed by atoms with van der Waals surface area (Å²) in [5.74, 6) is -0.0715. The minimum Gasteiger partial charge on any atom is -0.350 e. The Balaban J connectivity index is 1.77. The van der Waals surface area contributed by atoms with Crippen molar-refractivity contribution < 1.29 is 9.59 Å². The van der Waals surface area contributed by atoms with Crippen molar-refractivity contribution in [2.24, 2.45) is 5.92 Å². The van der Waals surface area contributed by atoms with Crippen molar-refractivity contribution in [3.8, 4) is 6.07 Å². The highest BCUT2D eigenvalue weighted by molar-refractivity contribution is 7.09. The summed E-state index contributed by atoms with van der Waals surface area (Å²) >= 11 is 1.59. The van der Waals surface area contributed by atoms with E-state index in [1.165, 1.54) is 0 Å². The molecule has 1 aliphatic carbocycles. The Morgan fingerprint density at radius 2 is 2.12 bits per heavy atom. The Kier molecular flexibility index (Phi) is 6.35. The average Bonchev–Trinajstić information content (AvgIpc) is 3.29. The lowest BCUT2D eigenvalue weighted by Gasteiger charge is -2.25. The third-order valence-electron chi connectivity index (χ3n) is 4.25. The van der Waals surface area contributed by atoms with Gasteiger partial charge >= 0.3 is 0 Å². The summed E-state index contributed by atoms with van der Waals surface area (Å²) in [5, 5.41) is 17.0. The molecule has 1 aromatic heterocycles. The van der Waals surface area contributed by atoms with Crippen LogP contribution in [0.3, 0.4) is 0 Å². The molecule has 0 aromatic carbocycles. The van der Waals surface area contributed by atoms with Crippen molar-refractivity contribution in [3.05, 3.63) is 22.4 Å². The van der Waals surface area contributed by atoms with E-state index in [1.807, 2.05) is 24.4 Å². The SMILES string of the molecule is CCN(CC(=O)NCc1cccs1)CC(=O)N[C@@](C)(C#N)C1CC1. The van der Waals surface area contributed by atoms with E-state index < -0.39 is 5.54 Å². The fourth-order valence-electron chi connectivity index (χ4n) is 2.55. The number of carbonyl (C=O) groups excluding carboxylic acids is 2. The molecule has 7 heteroatoms.